The Morgan fingerprint density at radius 3 is 2.59 bits per heavy atom. The molecule has 0 saturated carbocycles. The van der Waals surface area contributed by atoms with E-state index in [0.717, 1.165) is 5.69 Å². The summed E-state index contributed by atoms with van der Waals surface area (Å²) in [7, 11) is 0. The summed E-state index contributed by atoms with van der Waals surface area (Å²) < 4.78 is 0. The fourth-order valence-electron chi connectivity index (χ4n) is 2.28. The summed E-state index contributed by atoms with van der Waals surface area (Å²) in [5, 5.41) is 15.0. The molecule has 0 fully saturated rings. The van der Waals surface area contributed by atoms with Gasteiger partial charge in [0.1, 0.15) is 5.02 Å². The number of hydrogen-bond donors (Lipinski definition) is 3. The van der Waals surface area contributed by atoms with Gasteiger partial charge in [-0.1, -0.05) is 48.0 Å². The summed E-state index contributed by atoms with van der Waals surface area (Å²) in [6.07, 6.45) is 1.50. The molecule has 0 atom stereocenters. The molecule has 3 rings (SSSR count). The van der Waals surface area contributed by atoms with Gasteiger partial charge in [-0.05, 0) is 11.5 Å². The highest BCUT2D eigenvalue weighted by Crippen LogP contribution is 2.22. The first-order valence-corrected chi connectivity index (χ1v) is 7.32. The molecule has 5 nitrogen and oxygen atoms in total. The van der Waals surface area contributed by atoms with Crippen molar-refractivity contribution < 1.29 is 0 Å². The summed E-state index contributed by atoms with van der Waals surface area (Å²) in [5.41, 5.74) is 1.22. The van der Waals surface area contributed by atoms with Crippen LogP contribution in [0, 0.1) is 0 Å². The summed E-state index contributed by atoms with van der Waals surface area (Å²) >= 11 is 5.90. The number of nitrogens with zero attached hydrogens (tertiary/aromatic N) is 1. The van der Waals surface area contributed by atoms with Crippen LogP contribution in [0.3, 0.4) is 0 Å². The van der Waals surface area contributed by atoms with Crippen LogP contribution in [0.4, 0.5) is 11.4 Å². The lowest BCUT2D eigenvalue weighted by molar-refractivity contribution is 0.979. The lowest BCUT2D eigenvalue weighted by Crippen LogP contribution is -2.17. The largest absolute Gasteiger partial charge is 0.383 e. The van der Waals surface area contributed by atoms with E-state index in [-0.39, 0.29) is 5.02 Å². The van der Waals surface area contributed by atoms with E-state index in [1.54, 1.807) is 0 Å². The van der Waals surface area contributed by atoms with Crippen molar-refractivity contribution in [3.8, 4) is 0 Å². The van der Waals surface area contributed by atoms with Crippen LogP contribution in [0.15, 0.2) is 53.5 Å². The number of rotatable bonds is 5. The van der Waals surface area contributed by atoms with E-state index in [0.29, 0.717) is 18.8 Å². The molecule has 0 amide bonds. The van der Waals surface area contributed by atoms with E-state index in [1.165, 1.54) is 17.0 Å². The summed E-state index contributed by atoms with van der Waals surface area (Å²) in [6.45, 7) is 1.31. The van der Waals surface area contributed by atoms with Crippen LogP contribution in [0.2, 0.25) is 5.02 Å². The van der Waals surface area contributed by atoms with Gasteiger partial charge in [0.15, 0.2) is 0 Å². The first-order chi connectivity index (χ1) is 10.8. The van der Waals surface area contributed by atoms with Crippen LogP contribution < -0.4 is 16.2 Å². The van der Waals surface area contributed by atoms with Crippen molar-refractivity contribution in [3.05, 3.63) is 64.0 Å². The zero-order valence-electron chi connectivity index (χ0n) is 11.8. The van der Waals surface area contributed by atoms with Crippen molar-refractivity contribution in [2.45, 2.75) is 0 Å². The van der Waals surface area contributed by atoms with Crippen molar-refractivity contribution in [2.24, 2.45) is 0 Å². The number of fused-ring (bicyclic) bond motifs is 1. The Hall–Kier alpha value is -2.53. The minimum Gasteiger partial charge on any atom is -0.383 e. The van der Waals surface area contributed by atoms with Crippen LogP contribution in [0.1, 0.15) is 0 Å². The number of hydrogen-bond acceptors (Lipinski definition) is 4. The zero-order chi connectivity index (χ0) is 15.4. The van der Waals surface area contributed by atoms with Crippen LogP contribution >= 0.6 is 11.6 Å². The number of H-pyrrole nitrogens is 1. The first-order valence-electron chi connectivity index (χ1n) is 6.94. The second-order valence-electron chi connectivity index (χ2n) is 4.81. The highest BCUT2D eigenvalue weighted by atomic mass is 35.5. The monoisotopic (exact) mass is 314 g/mol. The average molecular weight is 315 g/mol. The smallest absolute Gasteiger partial charge is 0.285 e. The minimum absolute atomic E-state index is 0.125. The molecule has 0 spiro atoms. The van der Waals surface area contributed by atoms with Crippen molar-refractivity contribution >= 4 is 33.7 Å². The van der Waals surface area contributed by atoms with E-state index < -0.39 is 5.56 Å². The summed E-state index contributed by atoms with van der Waals surface area (Å²) in [4.78, 5) is 11.3. The molecule has 0 unspecified atom stereocenters. The second-order valence-corrected chi connectivity index (χ2v) is 5.19. The van der Waals surface area contributed by atoms with Gasteiger partial charge in [0, 0.05) is 24.2 Å². The fourth-order valence-corrected chi connectivity index (χ4v) is 2.44. The topological polar surface area (TPSA) is 69.8 Å². The van der Waals surface area contributed by atoms with E-state index in [4.69, 9.17) is 11.6 Å². The van der Waals surface area contributed by atoms with Crippen LogP contribution in [0.25, 0.3) is 10.8 Å². The van der Waals surface area contributed by atoms with Crippen molar-refractivity contribution in [1.29, 1.82) is 0 Å². The van der Waals surface area contributed by atoms with Crippen LogP contribution in [-0.4, -0.2) is 23.3 Å². The normalized spacial score (nSPS) is 10.6. The highest BCUT2D eigenvalue weighted by Gasteiger charge is 2.04. The molecule has 6 heteroatoms. The lowest BCUT2D eigenvalue weighted by atomic mass is 10.1. The maximum atomic E-state index is 11.3. The molecule has 3 N–H and O–H groups in total. The summed E-state index contributed by atoms with van der Waals surface area (Å²) in [5.74, 6) is 0. The molecule has 0 bridgehead atoms. The molecule has 0 saturated heterocycles. The number of nitrogens with one attached hydrogen (secondary N) is 3. The third-order valence-electron chi connectivity index (χ3n) is 3.34. The molecule has 1 aromatic heterocycles. The van der Waals surface area contributed by atoms with E-state index in [2.05, 4.69) is 39.0 Å². The Labute approximate surface area is 132 Å². The Kier molecular flexibility index (Phi) is 4.25. The van der Waals surface area contributed by atoms with Crippen LogP contribution in [0.5, 0.6) is 0 Å². The highest BCUT2D eigenvalue weighted by molar-refractivity contribution is 6.32. The van der Waals surface area contributed by atoms with Crippen LogP contribution in [-0.2, 0) is 0 Å². The van der Waals surface area contributed by atoms with Gasteiger partial charge in [0.25, 0.3) is 5.56 Å². The van der Waals surface area contributed by atoms with Gasteiger partial charge in [-0.3, -0.25) is 4.79 Å². The molecular formula is C16H15ClN4O. The number of aromatic nitrogens is 2. The Morgan fingerprint density at radius 1 is 1.00 bits per heavy atom. The van der Waals surface area contributed by atoms with Gasteiger partial charge in [-0.15, -0.1) is 0 Å². The molecule has 3 aromatic rings. The molecule has 22 heavy (non-hydrogen) atoms. The molecule has 2 aromatic carbocycles. The van der Waals surface area contributed by atoms with Gasteiger partial charge in [0.05, 0.1) is 11.9 Å². The Morgan fingerprint density at radius 2 is 1.73 bits per heavy atom. The van der Waals surface area contributed by atoms with Crippen molar-refractivity contribution in [1.82, 2.24) is 10.2 Å². The quantitative estimate of drug-likeness (QED) is 0.633. The average Bonchev–Trinajstić information content (AvgIpc) is 2.55. The zero-order valence-corrected chi connectivity index (χ0v) is 12.5. The maximum absolute atomic E-state index is 11.3. The number of halogens is 1. The lowest BCUT2D eigenvalue weighted by Gasteiger charge is -2.11. The fraction of sp³-hybridized carbons (Fsp3) is 0.125. The van der Waals surface area contributed by atoms with E-state index in [1.807, 2.05) is 24.3 Å². The van der Waals surface area contributed by atoms with Gasteiger partial charge in [-0.2, -0.15) is 5.10 Å². The molecule has 112 valence electrons. The predicted octanol–water partition coefficient (Wildman–Crippen LogP) is 3.10. The number of anilines is 2. The molecule has 0 aliphatic heterocycles. The molecular weight excluding hydrogens is 300 g/mol. The molecule has 1 heterocycles. The third kappa shape index (κ3) is 3.04. The second kappa shape index (κ2) is 6.49. The van der Waals surface area contributed by atoms with Gasteiger partial charge in [0.2, 0.25) is 0 Å². The van der Waals surface area contributed by atoms with E-state index in [9.17, 15) is 4.79 Å². The third-order valence-corrected chi connectivity index (χ3v) is 3.72. The molecule has 0 aliphatic carbocycles. The number of benzene rings is 2. The van der Waals surface area contributed by atoms with Crippen molar-refractivity contribution in [2.75, 3.05) is 23.7 Å². The SMILES string of the molecule is O=c1[nH]ncc(NCCNc2cccc3ccccc23)c1Cl. The number of aromatic amines is 1. The predicted molar refractivity (Wildman–Crippen MR) is 90.8 cm³/mol. The van der Waals surface area contributed by atoms with Gasteiger partial charge < -0.3 is 10.6 Å². The van der Waals surface area contributed by atoms with E-state index >= 15 is 0 Å². The Bertz CT molecular complexity index is 841. The first kappa shape index (κ1) is 14.4. The van der Waals surface area contributed by atoms with Gasteiger partial charge >= 0.3 is 0 Å². The van der Waals surface area contributed by atoms with Gasteiger partial charge in [-0.25, -0.2) is 5.10 Å². The Balaban J connectivity index is 1.63. The molecule has 0 aliphatic rings. The van der Waals surface area contributed by atoms with Crippen molar-refractivity contribution in [3.63, 3.8) is 0 Å². The maximum Gasteiger partial charge on any atom is 0.285 e. The standard InChI is InChI=1S/C16H15ClN4O/c17-15-14(10-20-21-16(15)22)19-9-8-18-13-7-3-5-11-4-1-2-6-12(11)13/h1-7,10,18H,8-9H2,(H2,19,21,22). The minimum atomic E-state index is -0.395. The summed E-state index contributed by atoms with van der Waals surface area (Å²) in [6, 6.07) is 14.4. The molecule has 0 radical (unpaired) electrons.